The van der Waals surface area contributed by atoms with Gasteiger partial charge in [0.25, 0.3) is 0 Å². The fourth-order valence-electron chi connectivity index (χ4n) is 3.93. The summed E-state index contributed by atoms with van der Waals surface area (Å²) in [6.45, 7) is 1.91. The topological polar surface area (TPSA) is 62.3 Å². The van der Waals surface area contributed by atoms with Crippen molar-refractivity contribution in [3.8, 4) is 0 Å². The van der Waals surface area contributed by atoms with Crippen LogP contribution in [0.2, 0.25) is 0 Å². The molecule has 7 heteroatoms. The number of para-hydroxylation sites is 1. The molecule has 0 amide bonds. The van der Waals surface area contributed by atoms with E-state index in [1.807, 2.05) is 18.2 Å². The maximum Gasteiger partial charge on any atom is 0.208 e. The quantitative estimate of drug-likeness (QED) is 0.736. The SMILES string of the molecule is O=S(=O)(c1cccc(F)c1)c1cnc2c(N3C=C4NCCC4C3)cccc2c1. The van der Waals surface area contributed by atoms with Gasteiger partial charge in [-0.05, 0) is 36.8 Å². The van der Waals surface area contributed by atoms with Gasteiger partial charge in [-0.15, -0.1) is 0 Å². The third kappa shape index (κ3) is 2.74. The highest BCUT2D eigenvalue weighted by molar-refractivity contribution is 7.91. The summed E-state index contributed by atoms with van der Waals surface area (Å²) in [5, 5.41) is 4.14. The first-order chi connectivity index (χ1) is 13.5. The largest absolute Gasteiger partial charge is 0.387 e. The summed E-state index contributed by atoms with van der Waals surface area (Å²) in [4.78, 5) is 6.62. The van der Waals surface area contributed by atoms with Gasteiger partial charge < -0.3 is 10.2 Å². The third-order valence-electron chi connectivity index (χ3n) is 5.36. The highest BCUT2D eigenvalue weighted by Gasteiger charge is 2.30. The summed E-state index contributed by atoms with van der Waals surface area (Å²) in [5.74, 6) is -0.0683. The van der Waals surface area contributed by atoms with Crippen molar-refractivity contribution in [2.45, 2.75) is 16.2 Å². The number of aromatic nitrogens is 1. The molecule has 2 aliphatic rings. The number of hydrogen-bond donors (Lipinski definition) is 1. The summed E-state index contributed by atoms with van der Waals surface area (Å²) < 4.78 is 39.2. The normalized spacial score (nSPS) is 18.8. The predicted octanol–water partition coefficient (Wildman–Crippen LogP) is 3.48. The van der Waals surface area contributed by atoms with Crippen molar-refractivity contribution in [3.63, 3.8) is 0 Å². The standard InChI is InChI=1S/C21H18FN3O2S/c22-16-4-2-5-17(10-16)28(26,27)18-9-14-3-1-6-20(21(14)24-11-18)25-12-15-7-8-23-19(15)13-25/h1-6,9-11,13,15,23H,7-8,12H2. The summed E-state index contributed by atoms with van der Waals surface area (Å²) in [7, 11) is -3.84. The van der Waals surface area contributed by atoms with Crippen molar-refractivity contribution in [1.82, 2.24) is 10.3 Å². The minimum Gasteiger partial charge on any atom is -0.387 e. The van der Waals surface area contributed by atoms with Gasteiger partial charge in [-0.3, -0.25) is 4.98 Å². The van der Waals surface area contributed by atoms with Gasteiger partial charge in [0.1, 0.15) is 5.82 Å². The lowest BCUT2D eigenvalue weighted by Gasteiger charge is -2.19. The molecule has 0 spiro atoms. The van der Waals surface area contributed by atoms with Crippen molar-refractivity contribution in [3.05, 3.63) is 72.4 Å². The Morgan fingerprint density at radius 2 is 1.96 bits per heavy atom. The van der Waals surface area contributed by atoms with Crippen LogP contribution in [-0.2, 0) is 9.84 Å². The molecule has 0 aliphatic carbocycles. The lowest BCUT2D eigenvalue weighted by Crippen LogP contribution is -2.17. The van der Waals surface area contributed by atoms with Crippen molar-refractivity contribution in [1.29, 1.82) is 0 Å². The van der Waals surface area contributed by atoms with Crippen LogP contribution in [0.25, 0.3) is 10.9 Å². The molecule has 0 bridgehead atoms. The van der Waals surface area contributed by atoms with Gasteiger partial charge in [-0.1, -0.05) is 18.2 Å². The van der Waals surface area contributed by atoms with Crippen LogP contribution in [0.15, 0.2) is 76.4 Å². The second kappa shape index (κ2) is 6.31. The van der Waals surface area contributed by atoms with Gasteiger partial charge in [0.15, 0.2) is 0 Å². The number of nitrogens with zero attached hydrogens (tertiary/aromatic N) is 2. The van der Waals surface area contributed by atoms with Gasteiger partial charge >= 0.3 is 0 Å². The molecule has 3 aromatic rings. The molecule has 1 atom stereocenters. The lowest BCUT2D eigenvalue weighted by molar-refractivity contribution is 0.590. The lowest BCUT2D eigenvalue weighted by atomic mass is 10.1. The fourth-order valence-corrected chi connectivity index (χ4v) is 5.20. The number of rotatable bonds is 3. The van der Waals surface area contributed by atoms with E-state index in [1.165, 1.54) is 30.1 Å². The molecule has 5 rings (SSSR count). The number of nitrogens with one attached hydrogen (secondary N) is 1. The summed E-state index contributed by atoms with van der Waals surface area (Å²) in [6.07, 6.45) is 4.59. The molecule has 0 radical (unpaired) electrons. The number of pyridine rings is 1. The van der Waals surface area contributed by atoms with Gasteiger partial charge in [0, 0.05) is 42.5 Å². The van der Waals surface area contributed by atoms with Crippen LogP contribution in [0.3, 0.4) is 0 Å². The van der Waals surface area contributed by atoms with Crippen LogP contribution < -0.4 is 10.2 Å². The molecule has 0 saturated carbocycles. The fraction of sp³-hybridized carbons (Fsp3) is 0.190. The van der Waals surface area contributed by atoms with E-state index in [0.29, 0.717) is 5.92 Å². The molecule has 28 heavy (non-hydrogen) atoms. The third-order valence-corrected chi connectivity index (χ3v) is 7.08. The van der Waals surface area contributed by atoms with Gasteiger partial charge in [-0.2, -0.15) is 0 Å². The van der Waals surface area contributed by atoms with Gasteiger partial charge in [0.2, 0.25) is 9.84 Å². The predicted molar refractivity (Wildman–Crippen MR) is 105 cm³/mol. The molecule has 1 saturated heterocycles. The van der Waals surface area contributed by atoms with Gasteiger partial charge in [-0.25, -0.2) is 12.8 Å². The van der Waals surface area contributed by atoms with Crippen LogP contribution in [-0.4, -0.2) is 26.5 Å². The van der Waals surface area contributed by atoms with Crippen LogP contribution in [0.4, 0.5) is 10.1 Å². The molecule has 2 aromatic carbocycles. The first kappa shape index (κ1) is 17.2. The zero-order chi connectivity index (χ0) is 19.3. The van der Waals surface area contributed by atoms with E-state index in [0.717, 1.165) is 42.2 Å². The first-order valence-corrected chi connectivity index (χ1v) is 10.6. The summed E-state index contributed by atoms with van der Waals surface area (Å²) >= 11 is 0. The highest BCUT2D eigenvalue weighted by atomic mass is 32.2. The number of benzene rings is 2. The molecule has 1 N–H and O–H groups in total. The Hall–Kier alpha value is -2.93. The Balaban J connectivity index is 1.57. The van der Waals surface area contributed by atoms with Crippen molar-refractivity contribution in [2.24, 2.45) is 5.92 Å². The van der Waals surface area contributed by atoms with Crippen molar-refractivity contribution in [2.75, 3.05) is 18.0 Å². The molecule has 1 aromatic heterocycles. The maximum absolute atomic E-state index is 13.5. The van der Waals surface area contributed by atoms with Gasteiger partial charge in [0.05, 0.1) is 21.0 Å². The molecule has 3 heterocycles. The van der Waals surface area contributed by atoms with E-state index in [1.54, 1.807) is 6.07 Å². The number of halogens is 1. The smallest absolute Gasteiger partial charge is 0.208 e. The Bertz CT molecular complexity index is 1220. The average molecular weight is 395 g/mol. The number of sulfone groups is 1. The van der Waals surface area contributed by atoms with E-state index >= 15 is 0 Å². The second-order valence-electron chi connectivity index (χ2n) is 7.13. The average Bonchev–Trinajstić information content (AvgIpc) is 3.29. The molecule has 5 nitrogen and oxygen atoms in total. The van der Waals surface area contributed by atoms with Crippen LogP contribution in [0, 0.1) is 11.7 Å². The maximum atomic E-state index is 13.5. The number of hydrogen-bond acceptors (Lipinski definition) is 5. The molecular formula is C21H18FN3O2S. The van der Waals surface area contributed by atoms with E-state index in [9.17, 15) is 12.8 Å². The first-order valence-electron chi connectivity index (χ1n) is 9.14. The van der Waals surface area contributed by atoms with Crippen molar-refractivity contribution < 1.29 is 12.8 Å². The van der Waals surface area contributed by atoms with Crippen molar-refractivity contribution >= 4 is 26.4 Å². The molecule has 2 aliphatic heterocycles. The van der Waals surface area contributed by atoms with E-state index in [2.05, 4.69) is 21.4 Å². The van der Waals surface area contributed by atoms with E-state index in [-0.39, 0.29) is 9.79 Å². The summed E-state index contributed by atoms with van der Waals surface area (Å²) in [6, 6.07) is 12.4. The van der Waals surface area contributed by atoms with Crippen LogP contribution in [0.1, 0.15) is 6.42 Å². The minimum absolute atomic E-state index is 0.0565. The molecule has 1 unspecified atom stereocenters. The zero-order valence-electron chi connectivity index (χ0n) is 15.0. The number of fused-ring (bicyclic) bond motifs is 2. The molecule has 1 fully saturated rings. The molecular weight excluding hydrogens is 377 g/mol. The minimum atomic E-state index is -3.84. The Kier molecular flexibility index (Phi) is 3.87. The summed E-state index contributed by atoms with van der Waals surface area (Å²) in [5.41, 5.74) is 2.95. The van der Waals surface area contributed by atoms with Crippen LogP contribution >= 0.6 is 0 Å². The van der Waals surface area contributed by atoms with E-state index in [4.69, 9.17) is 0 Å². The highest BCUT2D eigenvalue weighted by Crippen LogP contribution is 2.34. The monoisotopic (exact) mass is 395 g/mol. The Morgan fingerprint density at radius 1 is 1.11 bits per heavy atom. The zero-order valence-corrected chi connectivity index (χ0v) is 15.8. The van der Waals surface area contributed by atoms with E-state index < -0.39 is 15.7 Å². The second-order valence-corrected chi connectivity index (χ2v) is 9.08. The van der Waals surface area contributed by atoms with Crippen LogP contribution in [0.5, 0.6) is 0 Å². The number of anilines is 1. The Labute approximate surface area is 162 Å². The molecule has 142 valence electrons. The Morgan fingerprint density at radius 3 is 2.79 bits per heavy atom.